The molecule has 15 aromatic rings. The molecule has 139 heavy (non-hydrogen) atoms. The number of halogens is 4. The Bertz CT molecular complexity index is 6580. The van der Waals surface area contributed by atoms with Gasteiger partial charge in [-0.1, -0.05) is 253 Å². The van der Waals surface area contributed by atoms with Crippen molar-refractivity contribution >= 4 is 120 Å². The lowest BCUT2D eigenvalue weighted by atomic mass is 9.93. The summed E-state index contributed by atoms with van der Waals surface area (Å²) in [4.78, 5) is 103. The highest BCUT2D eigenvalue weighted by Gasteiger charge is 2.35. The van der Waals surface area contributed by atoms with Crippen LogP contribution in [0.15, 0.2) is 316 Å². The van der Waals surface area contributed by atoms with E-state index in [1.165, 1.54) is 41.8 Å². The van der Waals surface area contributed by atoms with Gasteiger partial charge in [-0.05, 0) is 214 Å². The van der Waals surface area contributed by atoms with Crippen LogP contribution in [-0.4, -0.2) is 156 Å². The van der Waals surface area contributed by atoms with Crippen molar-refractivity contribution in [2.24, 2.45) is 23.7 Å². The first-order valence-corrected chi connectivity index (χ1v) is 49.8. The maximum Gasteiger partial charge on any atom is 0.270 e. The molecule has 23 heteroatoms. The number of benzene rings is 11. The molecule has 20 rings (SSSR count). The van der Waals surface area contributed by atoms with Crippen LogP contribution in [0.4, 0.5) is 4.39 Å². The Morgan fingerprint density at radius 1 is 0.302 bits per heavy atom. The Hall–Kier alpha value is -13.8. The topological polar surface area (TPSA) is 192 Å². The van der Waals surface area contributed by atoms with Crippen molar-refractivity contribution in [3.63, 3.8) is 0 Å². The average Bonchev–Trinajstić information content (AvgIpc) is 1.64. The molecule has 0 atom stereocenters. The summed E-state index contributed by atoms with van der Waals surface area (Å²) < 4.78 is 21.7. The number of fused-ring (bicyclic) bond motifs is 4. The number of nitrogens with zero attached hydrogens (tertiary/aromatic N) is 9. The van der Waals surface area contributed by atoms with Gasteiger partial charge in [0.15, 0.2) is 0 Å². The lowest BCUT2D eigenvalue weighted by Gasteiger charge is -2.36. The van der Waals surface area contributed by atoms with Gasteiger partial charge in [0.1, 0.15) is 28.6 Å². The lowest BCUT2D eigenvalue weighted by Crippen LogP contribution is -2.43. The monoisotopic (exact) mass is 1910 g/mol. The molecular formula is C116H118Cl3FN12O7. The van der Waals surface area contributed by atoms with E-state index in [1.807, 2.05) is 261 Å². The van der Waals surface area contributed by atoms with E-state index in [1.54, 1.807) is 12.1 Å². The molecule has 4 aromatic heterocycles. The molecule has 0 unspecified atom stereocenters. The van der Waals surface area contributed by atoms with Crippen LogP contribution in [0.5, 0.6) is 0 Å². The van der Waals surface area contributed by atoms with E-state index >= 15 is 0 Å². The van der Waals surface area contributed by atoms with Crippen LogP contribution in [0.3, 0.4) is 0 Å². The summed E-state index contributed by atoms with van der Waals surface area (Å²) in [6, 6.07) is 98.1. The zero-order valence-corrected chi connectivity index (χ0v) is 80.8. The zero-order valence-electron chi connectivity index (χ0n) is 78.6. The number of hydrogen-bond acceptors (Lipinski definition) is 8. The van der Waals surface area contributed by atoms with Crippen LogP contribution in [0.25, 0.3) is 43.6 Å². The third-order valence-corrected chi connectivity index (χ3v) is 28.6. The SMILES string of the molecule is C=C(C1CCN(C(=O)c2cc3ccccc3n2Cc2ccc(Cl)cc2)CC1)N1CCCC1.Cc1ccc(CCNC(=O)C2CCN(C(=O)c3cc4ccccc4n3Cc3ccc(Cl)cc3)CC2)cc1.O=C(NCc1ccccc1)C1CCN(C(=O)c2cc3ccccc3n2Cc2ccc(Cl)cc2)CC1.O=C(NCc1ccccc1)C1CCN(C(=O)c2cc3ccccc3n2Cc2ccc(F)cc2)CC1. The Kier molecular flexibility index (Phi) is 32.1. The minimum Gasteiger partial charge on any atom is -0.375 e. The van der Waals surface area contributed by atoms with Crippen LogP contribution in [0.1, 0.15) is 151 Å². The second-order valence-corrected chi connectivity index (χ2v) is 38.4. The number of amides is 7. The van der Waals surface area contributed by atoms with Crippen molar-refractivity contribution in [2.45, 2.75) is 117 Å². The fourth-order valence-electron chi connectivity index (χ4n) is 19.8. The van der Waals surface area contributed by atoms with Crippen LogP contribution >= 0.6 is 34.8 Å². The number of allylic oxidation sites excluding steroid dienone is 1. The molecule has 0 aliphatic carbocycles. The lowest BCUT2D eigenvalue weighted by molar-refractivity contribution is -0.127. The van der Waals surface area contributed by atoms with Crippen molar-refractivity contribution in [3.05, 3.63) is 404 Å². The maximum absolute atomic E-state index is 13.6. The highest BCUT2D eigenvalue weighted by molar-refractivity contribution is 6.31. The van der Waals surface area contributed by atoms with Crippen molar-refractivity contribution in [1.29, 1.82) is 0 Å². The van der Waals surface area contributed by atoms with Gasteiger partial charge in [0, 0.05) is 199 Å². The Morgan fingerprint density at radius 3 is 0.878 bits per heavy atom. The second kappa shape index (κ2) is 46.1. The van der Waals surface area contributed by atoms with Crippen molar-refractivity contribution in [1.82, 2.24) is 58.7 Å². The van der Waals surface area contributed by atoms with E-state index in [9.17, 15) is 38.0 Å². The quantitative estimate of drug-likeness (QED) is 0.0532. The number of aryl methyl sites for hydroxylation is 1. The molecule has 3 N–H and O–H groups in total. The van der Waals surface area contributed by atoms with Gasteiger partial charge in [-0.3, -0.25) is 33.6 Å². The first-order chi connectivity index (χ1) is 67.7. The molecule has 0 radical (unpaired) electrons. The van der Waals surface area contributed by atoms with Crippen LogP contribution in [0, 0.1) is 36.4 Å². The van der Waals surface area contributed by atoms with E-state index in [0.717, 1.165) is 133 Å². The zero-order chi connectivity index (χ0) is 96.3. The number of para-hydroxylation sites is 4. The van der Waals surface area contributed by atoms with Crippen LogP contribution in [0.2, 0.25) is 15.1 Å². The third kappa shape index (κ3) is 24.5. The molecule has 0 saturated carbocycles. The molecule has 9 heterocycles. The van der Waals surface area contributed by atoms with Gasteiger partial charge < -0.3 is 58.7 Å². The van der Waals surface area contributed by atoms with Gasteiger partial charge in [0.05, 0.1) is 0 Å². The largest absolute Gasteiger partial charge is 0.375 e. The minimum atomic E-state index is -0.280. The summed E-state index contributed by atoms with van der Waals surface area (Å²) in [5.74, 6) is 0.335. The van der Waals surface area contributed by atoms with Crippen molar-refractivity contribution in [2.75, 3.05) is 72.0 Å². The standard InChI is InChI=1S/C31H32ClN3O2.C29H28ClN3O2.C29H28FN3O2.C27H30ClN3O/c1-22-6-8-23(9-7-22)14-17-33-30(36)25-15-18-34(19-16-25)31(37)29-20-26-4-2-3-5-28(26)35(29)21-24-10-12-27(32)13-11-24;2*30-25-12-10-22(11-13-25)20-33-26-9-5-4-8-24(26)18-27(33)29(35)32-16-14-23(15-17-32)28(34)31-19-21-6-2-1-3-7-21;1-20(29-14-4-5-15-29)22-12-16-30(17-13-22)27(32)26-18-23-6-2-3-7-25(23)31(26)19-21-8-10-24(28)11-9-21/h2-13,20,25H,14-19,21H2,1H3,(H,33,36);2*1-13,18,23H,14-17,19-20H2,(H,31,34);2-3,6-11,18,22H,1,4-5,12-17,19H2. The third-order valence-electron chi connectivity index (χ3n) is 27.8. The van der Waals surface area contributed by atoms with Crippen molar-refractivity contribution < 1.29 is 38.0 Å². The Balaban J connectivity index is 0.000000128. The average molecular weight is 1920 g/mol. The Labute approximate surface area is 827 Å². The smallest absolute Gasteiger partial charge is 0.270 e. The number of carbonyl (C=O) groups is 7. The van der Waals surface area contributed by atoms with Gasteiger partial charge in [-0.15, -0.1) is 0 Å². The van der Waals surface area contributed by atoms with E-state index in [-0.39, 0.29) is 64.9 Å². The fraction of sp³-hybridized carbons (Fsp3) is 0.284. The number of carbonyl (C=O) groups excluding carboxylic acids is 7. The number of aromatic nitrogens is 4. The molecule has 0 spiro atoms. The molecule has 5 fully saturated rings. The van der Waals surface area contributed by atoms with E-state index in [4.69, 9.17) is 34.8 Å². The summed E-state index contributed by atoms with van der Waals surface area (Å²) >= 11 is 18.2. The highest BCUT2D eigenvalue weighted by atomic mass is 35.5. The molecule has 11 aromatic carbocycles. The molecule has 5 aliphatic rings. The van der Waals surface area contributed by atoms with E-state index < -0.39 is 0 Å². The van der Waals surface area contributed by atoms with E-state index in [2.05, 4.69) is 90.5 Å². The molecular weight excluding hydrogens is 1800 g/mol. The first-order valence-electron chi connectivity index (χ1n) is 48.6. The number of likely N-dealkylation sites (tertiary alicyclic amines) is 5. The number of piperidine rings is 4. The predicted octanol–water partition coefficient (Wildman–Crippen LogP) is 22.2. The minimum absolute atomic E-state index is 0.0123. The van der Waals surface area contributed by atoms with Gasteiger partial charge in [-0.2, -0.15) is 0 Å². The highest BCUT2D eigenvalue weighted by Crippen LogP contribution is 2.35. The molecule has 712 valence electrons. The molecule has 5 saturated heterocycles. The summed E-state index contributed by atoms with van der Waals surface area (Å²) in [6.07, 6.45) is 9.35. The fourth-order valence-corrected chi connectivity index (χ4v) is 20.1. The first kappa shape index (κ1) is 96.9. The summed E-state index contributed by atoms with van der Waals surface area (Å²) in [5.41, 5.74) is 17.0. The number of hydrogen-bond donors (Lipinski definition) is 3. The number of rotatable bonds is 24. The maximum atomic E-state index is 13.6. The summed E-state index contributed by atoms with van der Waals surface area (Å²) in [5, 5.41) is 15.5. The molecule has 5 aliphatic heterocycles. The van der Waals surface area contributed by atoms with Gasteiger partial charge >= 0.3 is 0 Å². The van der Waals surface area contributed by atoms with Crippen molar-refractivity contribution in [3.8, 4) is 0 Å². The van der Waals surface area contributed by atoms with Gasteiger partial charge in [0.2, 0.25) is 17.7 Å². The van der Waals surface area contributed by atoms with Crippen LogP contribution < -0.4 is 16.0 Å². The van der Waals surface area contributed by atoms with Gasteiger partial charge in [-0.25, -0.2) is 4.39 Å². The number of nitrogens with one attached hydrogen (secondary N) is 3. The molecule has 19 nitrogen and oxygen atoms in total. The van der Waals surface area contributed by atoms with Crippen LogP contribution in [-0.2, 0) is 60.1 Å². The predicted molar refractivity (Wildman–Crippen MR) is 554 cm³/mol. The summed E-state index contributed by atoms with van der Waals surface area (Å²) in [6.45, 7) is 17.7. The summed E-state index contributed by atoms with van der Waals surface area (Å²) in [7, 11) is 0. The second-order valence-electron chi connectivity index (χ2n) is 37.1. The molecule has 7 amide bonds. The normalized spacial score (nSPS) is 14.9. The molecule has 0 bridgehead atoms. The van der Waals surface area contributed by atoms with Gasteiger partial charge in [0.25, 0.3) is 23.6 Å². The Morgan fingerprint density at radius 2 is 0.568 bits per heavy atom. The van der Waals surface area contributed by atoms with E-state index in [0.29, 0.717) is 157 Å².